The molecule has 1 N–H and O–H groups in total. The van der Waals surface area contributed by atoms with Crippen LogP contribution in [0.15, 0.2) is 79.0 Å². The lowest BCUT2D eigenvalue weighted by atomic mass is 9.88. The first-order valence-electron chi connectivity index (χ1n) is 11.4. The Morgan fingerprint density at radius 3 is 2.56 bits per heavy atom. The van der Waals surface area contributed by atoms with Gasteiger partial charge in [-0.25, -0.2) is 4.39 Å². The maximum Gasteiger partial charge on any atom is 0.220 e. The monoisotopic (exact) mass is 477 g/mol. The maximum absolute atomic E-state index is 13.4. The summed E-state index contributed by atoms with van der Waals surface area (Å²) >= 11 is 6.33. The zero-order valence-electron chi connectivity index (χ0n) is 19.5. The Labute approximate surface area is 205 Å². The number of hydrogen-bond donors (Lipinski definition) is 1. The molecule has 0 radical (unpaired) electrons. The van der Waals surface area contributed by atoms with Crippen LogP contribution < -0.4 is 5.32 Å². The van der Waals surface area contributed by atoms with Crippen molar-refractivity contribution in [3.63, 3.8) is 0 Å². The number of fused-ring (bicyclic) bond motifs is 1. The molecule has 34 heavy (non-hydrogen) atoms. The zero-order chi connectivity index (χ0) is 24.1. The van der Waals surface area contributed by atoms with E-state index in [1.165, 1.54) is 12.1 Å². The number of likely N-dealkylation sites (N-methyl/N-ethyl adjacent to an activating group) is 1. The fraction of sp³-hybridized carbons (Fsp3) is 0.250. The van der Waals surface area contributed by atoms with Crippen LogP contribution in [0.4, 0.5) is 4.39 Å². The van der Waals surface area contributed by atoms with Crippen LogP contribution in [0, 0.1) is 5.82 Å². The molecule has 1 aromatic heterocycles. The highest BCUT2D eigenvalue weighted by Gasteiger charge is 2.23. The summed E-state index contributed by atoms with van der Waals surface area (Å²) in [5.74, 6) is -0.400. The van der Waals surface area contributed by atoms with Gasteiger partial charge in [-0.2, -0.15) is 0 Å². The van der Waals surface area contributed by atoms with E-state index >= 15 is 0 Å². The number of para-hydroxylation sites is 1. The van der Waals surface area contributed by atoms with E-state index in [0.717, 1.165) is 34.1 Å². The average Bonchev–Trinajstić information content (AvgIpc) is 3.17. The molecule has 0 spiro atoms. The molecule has 1 atom stereocenters. The Morgan fingerprint density at radius 1 is 1.06 bits per heavy atom. The molecule has 0 aliphatic rings. The summed E-state index contributed by atoms with van der Waals surface area (Å²) in [7, 11) is 3.97. The number of aromatic nitrogens is 1. The highest BCUT2D eigenvalue weighted by atomic mass is 35.5. The maximum atomic E-state index is 13.4. The van der Waals surface area contributed by atoms with E-state index in [1.807, 2.05) is 55.4 Å². The predicted octanol–water partition coefficient (Wildman–Crippen LogP) is 5.68. The van der Waals surface area contributed by atoms with Gasteiger partial charge in [0.05, 0.1) is 0 Å². The van der Waals surface area contributed by atoms with Crippen molar-refractivity contribution < 1.29 is 9.18 Å². The van der Waals surface area contributed by atoms with Gasteiger partial charge in [0, 0.05) is 54.1 Å². The topological polar surface area (TPSA) is 37.3 Å². The molecule has 1 heterocycles. The zero-order valence-corrected chi connectivity index (χ0v) is 20.2. The fourth-order valence-electron chi connectivity index (χ4n) is 4.28. The van der Waals surface area contributed by atoms with Gasteiger partial charge in [-0.15, -0.1) is 0 Å². The number of amides is 1. The van der Waals surface area contributed by atoms with Gasteiger partial charge in [0.2, 0.25) is 5.91 Å². The first-order chi connectivity index (χ1) is 16.4. The highest BCUT2D eigenvalue weighted by molar-refractivity contribution is 6.30. The standard InChI is InChI=1S/C28H29ClFN3O/c1-32(2)15-14-31-28(34)17-25(21-6-5-7-22(29)16-21)26-19-33(27-9-4-3-8-24(26)27)18-20-10-12-23(30)13-11-20/h3-13,16,19,25H,14-15,17-18H2,1-2H3,(H,31,34)/t25-/m0/s1. The third kappa shape index (κ3) is 5.85. The summed E-state index contributed by atoms with van der Waals surface area (Å²) in [6.45, 7) is 1.99. The predicted molar refractivity (Wildman–Crippen MR) is 137 cm³/mol. The summed E-state index contributed by atoms with van der Waals surface area (Å²) in [5, 5.41) is 4.78. The van der Waals surface area contributed by atoms with Crippen molar-refractivity contribution in [1.29, 1.82) is 0 Å². The molecule has 0 aliphatic heterocycles. The van der Waals surface area contributed by atoms with Gasteiger partial charge in [0.25, 0.3) is 0 Å². The minimum Gasteiger partial charge on any atom is -0.355 e. The van der Waals surface area contributed by atoms with Crippen molar-refractivity contribution in [3.05, 3.63) is 107 Å². The quantitative estimate of drug-likeness (QED) is 0.336. The fourth-order valence-corrected chi connectivity index (χ4v) is 4.48. The lowest BCUT2D eigenvalue weighted by Crippen LogP contribution is -2.32. The average molecular weight is 478 g/mol. The smallest absolute Gasteiger partial charge is 0.220 e. The molecule has 4 aromatic rings. The molecule has 4 rings (SSSR count). The van der Waals surface area contributed by atoms with E-state index < -0.39 is 0 Å². The van der Waals surface area contributed by atoms with Gasteiger partial charge in [-0.05, 0) is 61.1 Å². The molecule has 0 saturated heterocycles. The third-order valence-electron chi connectivity index (χ3n) is 5.98. The first kappa shape index (κ1) is 24.0. The Hall–Kier alpha value is -3.15. The number of nitrogens with one attached hydrogen (secondary N) is 1. The van der Waals surface area contributed by atoms with Crippen LogP contribution in [0.5, 0.6) is 0 Å². The van der Waals surface area contributed by atoms with Gasteiger partial charge in [0.1, 0.15) is 5.82 Å². The van der Waals surface area contributed by atoms with Crippen LogP contribution in [0.25, 0.3) is 10.9 Å². The first-order valence-corrected chi connectivity index (χ1v) is 11.8. The molecule has 0 fully saturated rings. The summed E-state index contributed by atoms with van der Waals surface area (Å²) in [6, 6.07) is 22.5. The van der Waals surface area contributed by atoms with Gasteiger partial charge in [-0.1, -0.05) is 54.1 Å². The van der Waals surface area contributed by atoms with Crippen molar-refractivity contribution in [2.24, 2.45) is 0 Å². The summed E-state index contributed by atoms with van der Waals surface area (Å²) < 4.78 is 15.6. The van der Waals surface area contributed by atoms with Gasteiger partial charge < -0.3 is 14.8 Å². The van der Waals surface area contributed by atoms with E-state index in [9.17, 15) is 9.18 Å². The lowest BCUT2D eigenvalue weighted by Gasteiger charge is -2.18. The number of rotatable bonds is 9. The van der Waals surface area contributed by atoms with Crippen molar-refractivity contribution in [3.8, 4) is 0 Å². The van der Waals surface area contributed by atoms with E-state index in [0.29, 0.717) is 24.5 Å². The molecular formula is C28H29ClFN3O. The summed E-state index contributed by atoms with van der Waals surface area (Å²) in [4.78, 5) is 15.0. The van der Waals surface area contributed by atoms with Gasteiger partial charge >= 0.3 is 0 Å². The number of carbonyl (C=O) groups excluding carboxylic acids is 1. The third-order valence-corrected chi connectivity index (χ3v) is 6.22. The minimum absolute atomic E-state index is 0.00203. The van der Waals surface area contributed by atoms with Crippen LogP contribution in [-0.4, -0.2) is 42.6 Å². The Bertz CT molecular complexity index is 1270. The highest BCUT2D eigenvalue weighted by Crippen LogP contribution is 2.36. The molecular weight excluding hydrogens is 449 g/mol. The normalized spacial score (nSPS) is 12.3. The Balaban J connectivity index is 1.71. The molecule has 0 saturated carbocycles. The molecule has 0 bridgehead atoms. The second-order valence-electron chi connectivity index (χ2n) is 8.82. The summed E-state index contributed by atoms with van der Waals surface area (Å²) in [5.41, 5.74) is 4.15. The second-order valence-corrected chi connectivity index (χ2v) is 9.26. The van der Waals surface area contributed by atoms with E-state index in [1.54, 1.807) is 12.1 Å². The molecule has 4 nitrogen and oxygen atoms in total. The van der Waals surface area contributed by atoms with E-state index in [-0.39, 0.29) is 17.6 Å². The van der Waals surface area contributed by atoms with Gasteiger partial charge in [-0.3, -0.25) is 4.79 Å². The molecule has 3 aromatic carbocycles. The van der Waals surface area contributed by atoms with Crippen molar-refractivity contribution in [2.75, 3.05) is 27.2 Å². The number of hydrogen-bond acceptors (Lipinski definition) is 2. The lowest BCUT2D eigenvalue weighted by molar-refractivity contribution is -0.121. The molecule has 0 unspecified atom stereocenters. The molecule has 1 amide bonds. The van der Waals surface area contributed by atoms with Crippen LogP contribution >= 0.6 is 11.6 Å². The largest absolute Gasteiger partial charge is 0.355 e. The van der Waals surface area contributed by atoms with Crippen LogP contribution in [-0.2, 0) is 11.3 Å². The number of nitrogens with zero attached hydrogens (tertiary/aromatic N) is 2. The van der Waals surface area contributed by atoms with E-state index in [2.05, 4.69) is 28.2 Å². The molecule has 176 valence electrons. The number of benzene rings is 3. The second kappa shape index (κ2) is 10.9. The Kier molecular flexibility index (Phi) is 7.66. The van der Waals surface area contributed by atoms with Crippen LogP contribution in [0.3, 0.4) is 0 Å². The van der Waals surface area contributed by atoms with Gasteiger partial charge in [0.15, 0.2) is 0 Å². The molecule has 0 aliphatic carbocycles. The Morgan fingerprint density at radius 2 is 1.82 bits per heavy atom. The van der Waals surface area contributed by atoms with Crippen molar-refractivity contribution >= 4 is 28.4 Å². The molecule has 6 heteroatoms. The minimum atomic E-state index is -0.247. The SMILES string of the molecule is CN(C)CCNC(=O)C[C@@H](c1cccc(Cl)c1)c1cn(Cc2ccc(F)cc2)c2ccccc12. The van der Waals surface area contributed by atoms with Crippen LogP contribution in [0.2, 0.25) is 5.02 Å². The number of halogens is 2. The van der Waals surface area contributed by atoms with Crippen molar-refractivity contribution in [1.82, 2.24) is 14.8 Å². The van der Waals surface area contributed by atoms with Crippen LogP contribution in [0.1, 0.15) is 29.0 Å². The van der Waals surface area contributed by atoms with E-state index in [4.69, 9.17) is 11.6 Å². The number of carbonyl (C=O) groups is 1. The summed E-state index contributed by atoms with van der Waals surface area (Å²) in [6.07, 6.45) is 2.44. The van der Waals surface area contributed by atoms with Crippen molar-refractivity contribution in [2.45, 2.75) is 18.9 Å².